The molecule has 0 aliphatic carbocycles. The van der Waals surface area contributed by atoms with E-state index in [1.54, 1.807) is 47.8 Å². The van der Waals surface area contributed by atoms with Gasteiger partial charge in [-0.2, -0.15) is 0 Å². The average molecular weight is 514 g/mol. The van der Waals surface area contributed by atoms with Crippen molar-refractivity contribution in [1.29, 1.82) is 0 Å². The number of hydrogen-bond acceptors (Lipinski definition) is 7. The Morgan fingerprint density at radius 3 is 2.57 bits per heavy atom. The molecule has 0 bridgehead atoms. The number of halogens is 1. The molecule has 2 atom stereocenters. The van der Waals surface area contributed by atoms with Crippen LogP contribution in [0.5, 0.6) is 0 Å². The summed E-state index contributed by atoms with van der Waals surface area (Å²) in [6, 6.07) is 14.7. The molecule has 4 rings (SSSR count). The third-order valence-electron chi connectivity index (χ3n) is 5.51. The number of nitrogens with zero attached hydrogens (tertiary/aromatic N) is 2. The Bertz CT molecular complexity index is 1250. The minimum atomic E-state index is -1.32. The molecule has 2 aromatic carbocycles. The molecular weight excluding hydrogens is 494 g/mol. The largest absolute Gasteiger partial charge is 0.446 e. The topological polar surface area (TPSA) is 119 Å². The number of hydrogen-bond donors (Lipinski definition) is 1. The number of likely N-dealkylation sites (tertiary alicyclic amines) is 1. The van der Waals surface area contributed by atoms with Crippen LogP contribution in [0.3, 0.4) is 0 Å². The van der Waals surface area contributed by atoms with Gasteiger partial charge in [-0.1, -0.05) is 48.0 Å². The zero-order valence-electron chi connectivity index (χ0n) is 18.3. The van der Waals surface area contributed by atoms with Crippen molar-refractivity contribution in [2.24, 2.45) is 0 Å². The quantitative estimate of drug-likeness (QED) is 0.274. The SMILES string of the molecule is O=C(Nc1ccc([N+](=O)[O-])cc1Cl)C(OC(=O)C1CCCN1C(=O)c1cccs1)c1ccccc1. The second-order valence-electron chi connectivity index (χ2n) is 7.77. The maximum Gasteiger partial charge on any atom is 0.329 e. The van der Waals surface area contributed by atoms with Crippen molar-refractivity contribution in [3.63, 3.8) is 0 Å². The smallest absolute Gasteiger partial charge is 0.329 e. The fourth-order valence-corrected chi connectivity index (χ4v) is 4.71. The van der Waals surface area contributed by atoms with E-state index in [9.17, 15) is 24.5 Å². The Morgan fingerprint density at radius 1 is 1.14 bits per heavy atom. The van der Waals surface area contributed by atoms with Crippen molar-refractivity contribution in [3.05, 3.63) is 91.6 Å². The summed E-state index contributed by atoms with van der Waals surface area (Å²) in [5, 5.41) is 15.3. The first-order chi connectivity index (χ1) is 16.8. The molecule has 1 fully saturated rings. The van der Waals surface area contributed by atoms with Crippen LogP contribution in [0.15, 0.2) is 66.0 Å². The van der Waals surface area contributed by atoms with E-state index in [0.717, 1.165) is 6.07 Å². The molecule has 11 heteroatoms. The standard InChI is InChI=1S/C24H20ClN3O6S/c25-17-14-16(28(32)33)10-11-18(17)26-22(29)21(15-6-2-1-3-7-15)34-24(31)19-8-4-12-27(19)23(30)20-9-5-13-35-20/h1-3,5-7,9-11,13-14,19,21H,4,8,12H2,(H,26,29). The first-order valence-corrected chi connectivity index (χ1v) is 12.0. The van der Waals surface area contributed by atoms with Crippen molar-refractivity contribution < 1.29 is 24.0 Å². The number of ether oxygens (including phenoxy) is 1. The van der Waals surface area contributed by atoms with Gasteiger partial charge in [-0.05, 0) is 30.4 Å². The molecule has 0 radical (unpaired) electrons. The Labute approximate surface area is 209 Å². The molecular formula is C24H20ClN3O6S. The van der Waals surface area contributed by atoms with Crippen molar-refractivity contribution in [2.45, 2.75) is 25.0 Å². The van der Waals surface area contributed by atoms with Crippen molar-refractivity contribution >= 4 is 52.1 Å². The fraction of sp³-hybridized carbons (Fsp3) is 0.208. The molecule has 3 aromatic rings. The number of esters is 1. The van der Waals surface area contributed by atoms with Crippen molar-refractivity contribution in [3.8, 4) is 0 Å². The van der Waals surface area contributed by atoms with Crippen LogP contribution >= 0.6 is 22.9 Å². The summed E-state index contributed by atoms with van der Waals surface area (Å²) >= 11 is 7.40. The number of carbonyl (C=O) groups excluding carboxylic acids is 3. The van der Waals surface area contributed by atoms with Gasteiger partial charge in [0.1, 0.15) is 6.04 Å². The normalized spacial score (nSPS) is 15.9. The molecule has 2 heterocycles. The molecule has 1 aliphatic rings. The van der Waals surface area contributed by atoms with E-state index in [1.165, 1.54) is 28.4 Å². The van der Waals surface area contributed by atoms with Gasteiger partial charge in [0.15, 0.2) is 0 Å². The molecule has 35 heavy (non-hydrogen) atoms. The van der Waals surface area contributed by atoms with Crippen LogP contribution in [0, 0.1) is 10.1 Å². The number of nitro benzene ring substituents is 1. The lowest BCUT2D eigenvalue weighted by atomic mass is 10.1. The lowest BCUT2D eigenvalue weighted by molar-refractivity contribution is -0.384. The first-order valence-electron chi connectivity index (χ1n) is 10.7. The molecule has 0 saturated carbocycles. The van der Waals surface area contributed by atoms with E-state index >= 15 is 0 Å². The zero-order chi connectivity index (χ0) is 24.9. The molecule has 2 amide bonds. The van der Waals surface area contributed by atoms with Crippen LogP contribution in [-0.4, -0.2) is 40.2 Å². The van der Waals surface area contributed by atoms with Crippen LogP contribution in [0.1, 0.15) is 34.2 Å². The summed E-state index contributed by atoms with van der Waals surface area (Å²) in [4.78, 5) is 51.5. The first kappa shape index (κ1) is 24.4. The summed E-state index contributed by atoms with van der Waals surface area (Å²) in [6.45, 7) is 0.414. The summed E-state index contributed by atoms with van der Waals surface area (Å²) in [7, 11) is 0. The van der Waals surface area contributed by atoms with Gasteiger partial charge in [-0.25, -0.2) is 4.79 Å². The maximum absolute atomic E-state index is 13.2. The predicted octanol–water partition coefficient (Wildman–Crippen LogP) is 4.84. The fourth-order valence-electron chi connectivity index (χ4n) is 3.81. The molecule has 180 valence electrons. The summed E-state index contributed by atoms with van der Waals surface area (Å²) in [5.74, 6) is -1.63. The number of nitrogens with one attached hydrogen (secondary N) is 1. The minimum Gasteiger partial charge on any atom is -0.446 e. The highest BCUT2D eigenvalue weighted by atomic mass is 35.5. The van der Waals surface area contributed by atoms with Gasteiger partial charge in [0, 0.05) is 24.2 Å². The van der Waals surface area contributed by atoms with Gasteiger partial charge in [0.2, 0.25) is 6.10 Å². The Morgan fingerprint density at radius 2 is 1.91 bits per heavy atom. The molecule has 0 spiro atoms. The third-order valence-corrected chi connectivity index (χ3v) is 6.68. The van der Waals surface area contributed by atoms with Crippen LogP contribution in [0.4, 0.5) is 11.4 Å². The predicted molar refractivity (Wildman–Crippen MR) is 130 cm³/mol. The van der Waals surface area contributed by atoms with Crippen molar-refractivity contribution in [1.82, 2.24) is 4.90 Å². The Kier molecular flexibility index (Phi) is 7.42. The summed E-state index contributed by atoms with van der Waals surface area (Å²) < 4.78 is 5.66. The van der Waals surface area contributed by atoms with Gasteiger partial charge in [0.05, 0.1) is 20.5 Å². The highest BCUT2D eigenvalue weighted by Crippen LogP contribution is 2.30. The van der Waals surface area contributed by atoms with E-state index in [1.807, 2.05) is 0 Å². The lowest BCUT2D eigenvalue weighted by Gasteiger charge is -2.25. The second kappa shape index (κ2) is 10.7. The zero-order valence-corrected chi connectivity index (χ0v) is 19.8. The number of rotatable bonds is 7. The van der Waals surface area contributed by atoms with Crippen LogP contribution in [0.25, 0.3) is 0 Å². The van der Waals surface area contributed by atoms with Gasteiger partial charge < -0.3 is 15.0 Å². The Balaban J connectivity index is 1.54. The summed E-state index contributed by atoms with van der Waals surface area (Å²) in [6.07, 6.45) is -0.265. The highest BCUT2D eigenvalue weighted by molar-refractivity contribution is 7.12. The van der Waals surface area contributed by atoms with Gasteiger partial charge in [-0.3, -0.25) is 19.7 Å². The van der Waals surface area contributed by atoms with E-state index in [4.69, 9.17) is 16.3 Å². The molecule has 1 saturated heterocycles. The number of anilines is 1. The van der Waals surface area contributed by atoms with E-state index in [-0.39, 0.29) is 22.3 Å². The average Bonchev–Trinajstić information content (AvgIpc) is 3.56. The number of amides is 2. The molecule has 9 nitrogen and oxygen atoms in total. The van der Waals surface area contributed by atoms with Gasteiger partial charge >= 0.3 is 5.97 Å². The minimum absolute atomic E-state index is 0.0331. The highest BCUT2D eigenvalue weighted by Gasteiger charge is 2.38. The van der Waals surface area contributed by atoms with E-state index in [2.05, 4.69) is 5.32 Å². The third kappa shape index (κ3) is 5.50. The molecule has 1 aromatic heterocycles. The van der Waals surface area contributed by atoms with Gasteiger partial charge in [-0.15, -0.1) is 11.3 Å². The Hall–Kier alpha value is -3.76. The molecule has 1 N–H and O–H groups in total. The monoisotopic (exact) mass is 513 g/mol. The number of carbonyl (C=O) groups is 3. The number of thiophene rings is 1. The number of non-ortho nitro benzene ring substituents is 1. The lowest BCUT2D eigenvalue weighted by Crippen LogP contribution is -2.42. The van der Waals surface area contributed by atoms with Crippen molar-refractivity contribution in [2.75, 3.05) is 11.9 Å². The van der Waals surface area contributed by atoms with Crippen LogP contribution in [0.2, 0.25) is 5.02 Å². The van der Waals surface area contributed by atoms with E-state index < -0.39 is 28.9 Å². The van der Waals surface area contributed by atoms with Crippen LogP contribution < -0.4 is 5.32 Å². The van der Waals surface area contributed by atoms with E-state index in [0.29, 0.717) is 29.8 Å². The number of nitro groups is 1. The molecule has 1 aliphatic heterocycles. The summed E-state index contributed by atoms with van der Waals surface area (Å²) in [5.41, 5.74) is 0.330. The second-order valence-corrected chi connectivity index (χ2v) is 9.13. The van der Waals surface area contributed by atoms with Crippen LogP contribution in [-0.2, 0) is 14.3 Å². The van der Waals surface area contributed by atoms with Gasteiger partial charge in [0.25, 0.3) is 17.5 Å². The number of benzene rings is 2. The maximum atomic E-state index is 13.2. The molecule has 2 unspecified atom stereocenters.